The molecular formula is C17H28N2O2. The van der Waals surface area contributed by atoms with E-state index in [2.05, 4.69) is 29.8 Å². The van der Waals surface area contributed by atoms with Gasteiger partial charge in [0.25, 0.3) is 0 Å². The van der Waals surface area contributed by atoms with Crippen LogP contribution in [0.15, 0.2) is 12.1 Å². The fraction of sp³-hybridized carbons (Fsp3) is 0.647. The van der Waals surface area contributed by atoms with Crippen LogP contribution in [0.1, 0.15) is 17.5 Å². The molecule has 1 fully saturated rings. The van der Waals surface area contributed by atoms with Crippen LogP contribution in [0.25, 0.3) is 0 Å². The minimum atomic E-state index is 0.898. The van der Waals surface area contributed by atoms with Crippen molar-refractivity contribution in [2.75, 3.05) is 54.0 Å². The molecule has 1 aromatic rings. The highest BCUT2D eigenvalue weighted by Crippen LogP contribution is 2.31. The highest BCUT2D eigenvalue weighted by Gasteiger charge is 2.14. The smallest absolute Gasteiger partial charge is 0.128 e. The first-order chi connectivity index (χ1) is 10.2. The lowest BCUT2D eigenvalue weighted by molar-refractivity contribution is 0.153. The summed E-state index contributed by atoms with van der Waals surface area (Å²) in [5.74, 6) is 1.88. The summed E-state index contributed by atoms with van der Waals surface area (Å²) in [5.41, 5.74) is 2.38. The van der Waals surface area contributed by atoms with E-state index in [0.717, 1.165) is 23.5 Å². The van der Waals surface area contributed by atoms with E-state index in [1.807, 2.05) is 6.07 Å². The van der Waals surface area contributed by atoms with Crippen molar-refractivity contribution in [3.8, 4) is 11.5 Å². The average molecular weight is 292 g/mol. The Morgan fingerprint density at radius 3 is 2.38 bits per heavy atom. The molecule has 1 aromatic carbocycles. The largest absolute Gasteiger partial charge is 0.496 e. The number of aryl methyl sites for hydroxylation is 1. The summed E-state index contributed by atoms with van der Waals surface area (Å²) in [6.45, 7) is 7.98. The predicted octanol–water partition coefficient (Wildman–Crippen LogP) is 2.19. The molecule has 0 atom stereocenters. The number of hydrogen-bond donors (Lipinski definition) is 0. The maximum atomic E-state index is 5.57. The molecule has 0 unspecified atom stereocenters. The number of ether oxygens (including phenoxy) is 2. The van der Waals surface area contributed by atoms with Crippen LogP contribution in [-0.2, 0) is 6.42 Å². The summed E-state index contributed by atoms with van der Waals surface area (Å²) in [5, 5.41) is 0. The Hall–Kier alpha value is -1.26. The average Bonchev–Trinajstić information content (AvgIpc) is 2.49. The molecule has 4 nitrogen and oxygen atoms in total. The maximum Gasteiger partial charge on any atom is 0.128 e. The molecule has 0 N–H and O–H groups in total. The van der Waals surface area contributed by atoms with Crippen molar-refractivity contribution in [3.63, 3.8) is 0 Å². The number of nitrogens with zero attached hydrogens (tertiary/aromatic N) is 2. The molecule has 1 aliphatic rings. The van der Waals surface area contributed by atoms with Crippen molar-refractivity contribution in [2.45, 2.75) is 19.8 Å². The molecule has 1 aliphatic heterocycles. The Morgan fingerprint density at radius 2 is 1.76 bits per heavy atom. The molecule has 21 heavy (non-hydrogen) atoms. The van der Waals surface area contributed by atoms with E-state index in [1.165, 1.54) is 44.7 Å². The summed E-state index contributed by atoms with van der Waals surface area (Å²) < 4.78 is 10.9. The second-order valence-electron chi connectivity index (χ2n) is 5.83. The predicted molar refractivity (Wildman–Crippen MR) is 86.5 cm³/mol. The lowest BCUT2D eigenvalue weighted by Gasteiger charge is -2.32. The summed E-state index contributed by atoms with van der Waals surface area (Å²) in [6, 6.07) is 4.18. The molecule has 0 saturated carbocycles. The second-order valence-corrected chi connectivity index (χ2v) is 5.83. The third kappa shape index (κ3) is 4.11. The molecule has 2 rings (SSSR count). The molecule has 0 radical (unpaired) electrons. The first kappa shape index (κ1) is 16.1. The number of methoxy groups -OCH3 is 2. The number of benzene rings is 1. The van der Waals surface area contributed by atoms with Gasteiger partial charge < -0.3 is 19.3 Å². The first-order valence-corrected chi connectivity index (χ1v) is 7.77. The molecular weight excluding hydrogens is 264 g/mol. The summed E-state index contributed by atoms with van der Waals surface area (Å²) in [6.07, 6.45) is 2.23. The lowest BCUT2D eigenvalue weighted by atomic mass is 10.0. The summed E-state index contributed by atoms with van der Waals surface area (Å²) >= 11 is 0. The van der Waals surface area contributed by atoms with Gasteiger partial charge in [-0.1, -0.05) is 6.07 Å². The van der Waals surface area contributed by atoms with E-state index in [9.17, 15) is 0 Å². The monoisotopic (exact) mass is 292 g/mol. The van der Waals surface area contributed by atoms with Crippen LogP contribution in [0.3, 0.4) is 0 Å². The third-order valence-electron chi connectivity index (χ3n) is 4.38. The molecule has 4 heteroatoms. The molecule has 0 aromatic heterocycles. The highest BCUT2D eigenvalue weighted by atomic mass is 16.5. The van der Waals surface area contributed by atoms with Gasteiger partial charge in [0, 0.05) is 31.7 Å². The zero-order valence-corrected chi connectivity index (χ0v) is 13.8. The molecule has 0 amide bonds. The number of piperazine rings is 1. The van der Waals surface area contributed by atoms with Gasteiger partial charge in [-0.3, -0.25) is 0 Å². The quantitative estimate of drug-likeness (QED) is 0.802. The van der Waals surface area contributed by atoms with Gasteiger partial charge in [0.15, 0.2) is 0 Å². The molecule has 1 saturated heterocycles. The normalized spacial score (nSPS) is 17.0. The second kappa shape index (κ2) is 7.66. The summed E-state index contributed by atoms with van der Waals surface area (Å²) in [7, 11) is 5.64. The van der Waals surface area contributed by atoms with Gasteiger partial charge in [-0.25, -0.2) is 0 Å². The topological polar surface area (TPSA) is 24.9 Å². The van der Waals surface area contributed by atoms with Crippen molar-refractivity contribution >= 4 is 0 Å². The minimum Gasteiger partial charge on any atom is -0.496 e. The molecule has 0 bridgehead atoms. The van der Waals surface area contributed by atoms with Crippen molar-refractivity contribution in [1.29, 1.82) is 0 Å². The van der Waals surface area contributed by atoms with E-state index in [1.54, 1.807) is 14.2 Å². The van der Waals surface area contributed by atoms with Crippen LogP contribution in [0.5, 0.6) is 11.5 Å². The number of hydrogen-bond acceptors (Lipinski definition) is 4. The SMILES string of the molecule is COc1ccc(CCCN2CCN(C)CC2)c(OC)c1C. The van der Waals surface area contributed by atoms with Gasteiger partial charge in [0.05, 0.1) is 14.2 Å². The van der Waals surface area contributed by atoms with E-state index < -0.39 is 0 Å². The molecule has 0 aliphatic carbocycles. The Labute approximate surface area is 128 Å². The van der Waals surface area contributed by atoms with Crippen LogP contribution >= 0.6 is 0 Å². The van der Waals surface area contributed by atoms with Gasteiger partial charge >= 0.3 is 0 Å². The Balaban J connectivity index is 1.89. The van der Waals surface area contributed by atoms with E-state index in [0.29, 0.717) is 0 Å². The first-order valence-electron chi connectivity index (χ1n) is 7.77. The zero-order chi connectivity index (χ0) is 15.2. The lowest BCUT2D eigenvalue weighted by Crippen LogP contribution is -2.44. The van der Waals surface area contributed by atoms with Gasteiger partial charge in [0.1, 0.15) is 11.5 Å². The van der Waals surface area contributed by atoms with Crippen molar-refractivity contribution < 1.29 is 9.47 Å². The third-order valence-corrected chi connectivity index (χ3v) is 4.38. The van der Waals surface area contributed by atoms with Crippen LogP contribution in [0.4, 0.5) is 0 Å². The molecule has 1 heterocycles. The van der Waals surface area contributed by atoms with E-state index in [4.69, 9.17) is 9.47 Å². The van der Waals surface area contributed by atoms with Crippen LogP contribution in [-0.4, -0.2) is 63.8 Å². The van der Waals surface area contributed by atoms with Gasteiger partial charge in [0.2, 0.25) is 0 Å². The van der Waals surface area contributed by atoms with Crippen LogP contribution in [0.2, 0.25) is 0 Å². The number of rotatable bonds is 6. The fourth-order valence-corrected chi connectivity index (χ4v) is 3.00. The molecule has 0 spiro atoms. The van der Waals surface area contributed by atoms with Gasteiger partial charge in [-0.05, 0) is 45.0 Å². The Bertz CT molecular complexity index is 454. The van der Waals surface area contributed by atoms with Crippen molar-refractivity contribution in [3.05, 3.63) is 23.3 Å². The van der Waals surface area contributed by atoms with Gasteiger partial charge in [-0.15, -0.1) is 0 Å². The highest BCUT2D eigenvalue weighted by molar-refractivity contribution is 5.49. The Morgan fingerprint density at radius 1 is 1.05 bits per heavy atom. The number of likely N-dealkylation sites (N-methyl/N-ethyl adjacent to an activating group) is 1. The van der Waals surface area contributed by atoms with Crippen LogP contribution < -0.4 is 9.47 Å². The van der Waals surface area contributed by atoms with Crippen LogP contribution in [0, 0.1) is 6.92 Å². The Kier molecular flexibility index (Phi) is 5.88. The molecule has 118 valence electrons. The summed E-state index contributed by atoms with van der Waals surface area (Å²) in [4.78, 5) is 4.95. The maximum absolute atomic E-state index is 5.57. The van der Waals surface area contributed by atoms with E-state index in [-0.39, 0.29) is 0 Å². The standard InChI is InChI=1S/C17H28N2O2/c1-14-16(20-3)8-7-15(17(14)21-4)6-5-9-19-12-10-18(2)11-13-19/h7-8H,5-6,9-13H2,1-4H3. The van der Waals surface area contributed by atoms with Crippen molar-refractivity contribution in [2.24, 2.45) is 0 Å². The zero-order valence-electron chi connectivity index (χ0n) is 13.8. The minimum absolute atomic E-state index is 0.898. The van der Waals surface area contributed by atoms with Crippen molar-refractivity contribution in [1.82, 2.24) is 9.80 Å². The van der Waals surface area contributed by atoms with Gasteiger partial charge in [-0.2, -0.15) is 0 Å². The van der Waals surface area contributed by atoms with E-state index >= 15 is 0 Å². The fourth-order valence-electron chi connectivity index (χ4n) is 3.00.